The predicted molar refractivity (Wildman–Crippen MR) is 70.8 cm³/mol. The third kappa shape index (κ3) is 2.37. The van der Waals surface area contributed by atoms with Crippen molar-refractivity contribution in [2.45, 2.75) is 18.9 Å². The van der Waals surface area contributed by atoms with Crippen molar-refractivity contribution in [3.8, 4) is 0 Å². The first-order valence-corrected chi connectivity index (χ1v) is 7.25. The molecule has 3 saturated heterocycles. The number of amides is 3. The summed E-state index contributed by atoms with van der Waals surface area (Å²) >= 11 is 0. The van der Waals surface area contributed by atoms with Crippen LogP contribution in [0.15, 0.2) is 0 Å². The molecule has 0 bridgehead atoms. The van der Waals surface area contributed by atoms with E-state index in [9.17, 15) is 14.4 Å². The SMILES string of the molecule is O=C(CN1CC2CNCCN2C(=O)C1=O)N1CCCC1. The molecule has 0 saturated carbocycles. The van der Waals surface area contributed by atoms with Gasteiger partial charge in [-0.15, -0.1) is 0 Å². The summed E-state index contributed by atoms with van der Waals surface area (Å²) in [5, 5.41) is 3.22. The smallest absolute Gasteiger partial charge is 0.312 e. The van der Waals surface area contributed by atoms with E-state index in [2.05, 4.69) is 5.32 Å². The first kappa shape index (κ1) is 13.4. The van der Waals surface area contributed by atoms with Gasteiger partial charge in [-0.1, -0.05) is 0 Å². The van der Waals surface area contributed by atoms with E-state index in [1.165, 1.54) is 4.90 Å². The molecule has 3 aliphatic heterocycles. The van der Waals surface area contributed by atoms with E-state index in [0.717, 1.165) is 32.5 Å². The van der Waals surface area contributed by atoms with Crippen molar-refractivity contribution in [3.05, 3.63) is 0 Å². The molecule has 0 aromatic heterocycles. The maximum atomic E-state index is 12.1. The van der Waals surface area contributed by atoms with Crippen molar-refractivity contribution in [3.63, 3.8) is 0 Å². The van der Waals surface area contributed by atoms with Crippen LogP contribution < -0.4 is 5.32 Å². The number of likely N-dealkylation sites (tertiary alicyclic amines) is 1. The average Bonchev–Trinajstić information content (AvgIpc) is 2.99. The molecule has 20 heavy (non-hydrogen) atoms. The van der Waals surface area contributed by atoms with Gasteiger partial charge in [-0.2, -0.15) is 0 Å². The number of nitrogens with one attached hydrogen (secondary N) is 1. The zero-order chi connectivity index (χ0) is 14.1. The number of piperazine rings is 2. The molecule has 110 valence electrons. The van der Waals surface area contributed by atoms with E-state index in [1.807, 2.05) is 0 Å². The molecule has 1 atom stereocenters. The summed E-state index contributed by atoms with van der Waals surface area (Å²) in [5.41, 5.74) is 0. The third-order valence-corrected chi connectivity index (χ3v) is 4.30. The Morgan fingerprint density at radius 2 is 1.90 bits per heavy atom. The van der Waals surface area contributed by atoms with E-state index in [-0.39, 0.29) is 18.5 Å². The second-order valence-corrected chi connectivity index (χ2v) is 5.63. The molecule has 3 amide bonds. The summed E-state index contributed by atoms with van der Waals surface area (Å²) in [5.74, 6) is -1.03. The lowest BCUT2D eigenvalue weighted by atomic mass is 10.1. The van der Waals surface area contributed by atoms with Gasteiger partial charge < -0.3 is 20.0 Å². The quantitative estimate of drug-likeness (QED) is 0.609. The van der Waals surface area contributed by atoms with Gasteiger partial charge >= 0.3 is 11.8 Å². The highest BCUT2D eigenvalue weighted by molar-refractivity contribution is 6.35. The summed E-state index contributed by atoms with van der Waals surface area (Å²) in [6, 6.07) is 0.000304. The van der Waals surface area contributed by atoms with Gasteiger partial charge in [0.2, 0.25) is 5.91 Å². The molecule has 0 aromatic rings. The number of nitrogens with zero attached hydrogens (tertiary/aromatic N) is 3. The summed E-state index contributed by atoms with van der Waals surface area (Å²) in [7, 11) is 0. The second-order valence-electron chi connectivity index (χ2n) is 5.63. The van der Waals surface area contributed by atoms with Gasteiger partial charge in [0.05, 0.1) is 6.04 Å². The van der Waals surface area contributed by atoms with Crippen molar-refractivity contribution < 1.29 is 14.4 Å². The van der Waals surface area contributed by atoms with E-state index in [0.29, 0.717) is 19.6 Å². The molecule has 0 aliphatic carbocycles. The maximum Gasteiger partial charge on any atom is 0.312 e. The van der Waals surface area contributed by atoms with E-state index < -0.39 is 11.8 Å². The highest BCUT2D eigenvalue weighted by Crippen LogP contribution is 2.15. The molecule has 0 aromatic carbocycles. The molecular weight excluding hydrogens is 260 g/mol. The number of hydrogen-bond acceptors (Lipinski definition) is 4. The number of fused-ring (bicyclic) bond motifs is 1. The fraction of sp³-hybridized carbons (Fsp3) is 0.769. The van der Waals surface area contributed by atoms with Crippen LogP contribution in [0.2, 0.25) is 0 Å². The molecule has 3 rings (SSSR count). The zero-order valence-electron chi connectivity index (χ0n) is 11.5. The number of hydrogen-bond donors (Lipinski definition) is 1. The van der Waals surface area contributed by atoms with Crippen molar-refractivity contribution in [1.82, 2.24) is 20.0 Å². The molecular formula is C13H20N4O3. The Hall–Kier alpha value is -1.63. The minimum atomic E-state index is -0.532. The van der Waals surface area contributed by atoms with Gasteiger partial charge in [0.1, 0.15) is 6.54 Å². The van der Waals surface area contributed by atoms with Crippen LogP contribution in [0.1, 0.15) is 12.8 Å². The maximum absolute atomic E-state index is 12.1. The highest BCUT2D eigenvalue weighted by atomic mass is 16.2. The number of carbonyl (C=O) groups excluding carboxylic acids is 3. The molecule has 1 unspecified atom stereocenters. The van der Waals surface area contributed by atoms with Gasteiger partial charge in [-0.3, -0.25) is 14.4 Å². The summed E-state index contributed by atoms with van der Waals surface area (Å²) in [6.45, 7) is 4.02. The molecule has 0 spiro atoms. The van der Waals surface area contributed by atoms with Crippen molar-refractivity contribution in [1.29, 1.82) is 0 Å². The Bertz CT molecular complexity index is 433. The molecule has 3 fully saturated rings. The van der Waals surface area contributed by atoms with E-state index >= 15 is 0 Å². The zero-order valence-corrected chi connectivity index (χ0v) is 11.5. The number of carbonyl (C=O) groups is 3. The third-order valence-electron chi connectivity index (χ3n) is 4.30. The molecule has 3 heterocycles. The topological polar surface area (TPSA) is 73.0 Å². The average molecular weight is 280 g/mol. The van der Waals surface area contributed by atoms with Crippen LogP contribution in [-0.2, 0) is 14.4 Å². The summed E-state index contributed by atoms with van der Waals surface area (Å²) in [4.78, 5) is 41.1. The highest BCUT2D eigenvalue weighted by Gasteiger charge is 2.40. The van der Waals surface area contributed by atoms with Gasteiger partial charge in [0.25, 0.3) is 0 Å². The molecule has 7 nitrogen and oxygen atoms in total. The Balaban J connectivity index is 1.65. The Morgan fingerprint density at radius 3 is 2.65 bits per heavy atom. The van der Waals surface area contributed by atoms with Crippen LogP contribution in [0.3, 0.4) is 0 Å². The van der Waals surface area contributed by atoms with Crippen molar-refractivity contribution in [2.24, 2.45) is 0 Å². The standard InChI is InChI=1S/C13H20N4O3/c18-11(15-4-1-2-5-15)9-16-8-10-7-14-3-6-17(10)13(20)12(16)19/h10,14H,1-9H2. The predicted octanol–water partition coefficient (Wildman–Crippen LogP) is -1.75. The van der Waals surface area contributed by atoms with Gasteiger partial charge in [0, 0.05) is 39.3 Å². The van der Waals surface area contributed by atoms with E-state index in [1.54, 1.807) is 9.80 Å². The monoisotopic (exact) mass is 280 g/mol. The lowest BCUT2D eigenvalue weighted by Gasteiger charge is -2.43. The fourth-order valence-corrected chi connectivity index (χ4v) is 3.15. The first-order chi connectivity index (χ1) is 9.66. The fourth-order valence-electron chi connectivity index (χ4n) is 3.15. The van der Waals surface area contributed by atoms with Crippen LogP contribution >= 0.6 is 0 Å². The minimum Gasteiger partial charge on any atom is -0.341 e. The molecule has 0 radical (unpaired) electrons. The molecule has 3 aliphatic rings. The summed E-state index contributed by atoms with van der Waals surface area (Å²) < 4.78 is 0. The lowest BCUT2D eigenvalue weighted by molar-refractivity contribution is -0.161. The minimum absolute atomic E-state index is 0.000304. The normalized spacial score (nSPS) is 27.0. The molecule has 7 heteroatoms. The second kappa shape index (κ2) is 5.40. The Morgan fingerprint density at radius 1 is 1.15 bits per heavy atom. The van der Waals surface area contributed by atoms with Crippen LogP contribution in [-0.4, -0.2) is 84.3 Å². The van der Waals surface area contributed by atoms with Crippen LogP contribution in [0.4, 0.5) is 0 Å². The van der Waals surface area contributed by atoms with Crippen molar-refractivity contribution in [2.75, 3.05) is 45.8 Å². The van der Waals surface area contributed by atoms with Crippen molar-refractivity contribution >= 4 is 17.7 Å². The largest absolute Gasteiger partial charge is 0.341 e. The van der Waals surface area contributed by atoms with Gasteiger partial charge in [0.15, 0.2) is 0 Å². The van der Waals surface area contributed by atoms with E-state index in [4.69, 9.17) is 0 Å². The van der Waals surface area contributed by atoms with Crippen LogP contribution in [0, 0.1) is 0 Å². The summed E-state index contributed by atoms with van der Waals surface area (Å²) in [6.07, 6.45) is 2.05. The first-order valence-electron chi connectivity index (χ1n) is 7.25. The Labute approximate surface area is 117 Å². The van der Waals surface area contributed by atoms with Crippen LogP contribution in [0.25, 0.3) is 0 Å². The lowest BCUT2D eigenvalue weighted by Crippen LogP contribution is -2.66. The van der Waals surface area contributed by atoms with Gasteiger partial charge in [-0.05, 0) is 12.8 Å². The Kier molecular flexibility index (Phi) is 3.60. The van der Waals surface area contributed by atoms with Gasteiger partial charge in [-0.25, -0.2) is 0 Å². The molecule has 1 N–H and O–H groups in total. The van der Waals surface area contributed by atoms with Crippen LogP contribution in [0.5, 0.6) is 0 Å². The number of rotatable bonds is 2.